The van der Waals surface area contributed by atoms with Gasteiger partial charge in [0.25, 0.3) is 0 Å². The number of rotatable bonds is 8. The van der Waals surface area contributed by atoms with Crippen LogP contribution in [-0.4, -0.2) is 74.7 Å². The molecular weight excluding hydrogens is 302 g/mol. The van der Waals surface area contributed by atoms with Crippen LogP contribution in [0.2, 0.25) is 0 Å². The average molecular weight is 329 g/mol. The summed E-state index contributed by atoms with van der Waals surface area (Å²) >= 11 is 0. The Balaban J connectivity index is 2.85. The van der Waals surface area contributed by atoms with Gasteiger partial charge in [-0.2, -0.15) is 0 Å². The maximum Gasteiger partial charge on any atom is 0.248 e. The van der Waals surface area contributed by atoms with Gasteiger partial charge in [-0.1, -0.05) is 0 Å². The first-order valence-electron chi connectivity index (χ1n) is 7.85. The fourth-order valence-electron chi connectivity index (χ4n) is 2.64. The van der Waals surface area contributed by atoms with E-state index in [0.29, 0.717) is 19.5 Å². The van der Waals surface area contributed by atoms with E-state index in [2.05, 4.69) is 10.6 Å². The normalized spacial score (nSPS) is 20.0. The van der Waals surface area contributed by atoms with Gasteiger partial charge in [-0.15, -0.1) is 0 Å². The predicted octanol–water partition coefficient (Wildman–Crippen LogP) is -0.720. The van der Waals surface area contributed by atoms with Gasteiger partial charge in [-0.3, -0.25) is 14.4 Å². The summed E-state index contributed by atoms with van der Waals surface area (Å²) in [5.41, 5.74) is 0. The topological polar surface area (TPSA) is 97.0 Å². The van der Waals surface area contributed by atoms with Crippen LogP contribution >= 0.6 is 0 Å². The van der Waals surface area contributed by atoms with E-state index in [1.165, 1.54) is 19.1 Å². The molecule has 1 aliphatic rings. The largest absolute Gasteiger partial charge is 0.379 e. The molecule has 1 aliphatic heterocycles. The zero-order chi connectivity index (χ0) is 17.4. The van der Waals surface area contributed by atoms with Crippen molar-refractivity contribution < 1.29 is 23.9 Å². The molecule has 3 unspecified atom stereocenters. The van der Waals surface area contributed by atoms with E-state index < -0.39 is 24.1 Å². The molecule has 1 heterocycles. The lowest BCUT2D eigenvalue weighted by Crippen LogP contribution is -2.57. The third kappa shape index (κ3) is 5.18. The van der Waals surface area contributed by atoms with Crippen LogP contribution in [0.4, 0.5) is 0 Å². The fraction of sp³-hybridized carbons (Fsp3) is 0.800. The van der Waals surface area contributed by atoms with Crippen molar-refractivity contribution in [3.63, 3.8) is 0 Å². The molecule has 0 spiro atoms. The molecule has 0 radical (unpaired) electrons. The maximum absolute atomic E-state index is 12.8. The summed E-state index contributed by atoms with van der Waals surface area (Å²) in [6.45, 7) is 4.40. The van der Waals surface area contributed by atoms with Crippen molar-refractivity contribution in [1.82, 2.24) is 15.5 Å². The number of methoxy groups -OCH3 is 2. The Morgan fingerprint density at radius 3 is 2.57 bits per heavy atom. The summed E-state index contributed by atoms with van der Waals surface area (Å²) < 4.78 is 9.98. The van der Waals surface area contributed by atoms with Gasteiger partial charge in [0.2, 0.25) is 17.7 Å². The number of carbonyl (C=O) groups excluding carboxylic acids is 3. The van der Waals surface area contributed by atoms with Crippen LogP contribution in [0.1, 0.15) is 26.7 Å². The van der Waals surface area contributed by atoms with Gasteiger partial charge in [0, 0.05) is 27.3 Å². The van der Waals surface area contributed by atoms with E-state index in [4.69, 9.17) is 9.47 Å². The number of carbonyl (C=O) groups is 3. The van der Waals surface area contributed by atoms with E-state index in [0.717, 1.165) is 6.42 Å². The second kappa shape index (κ2) is 9.46. The van der Waals surface area contributed by atoms with Gasteiger partial charge in [-0.05, 0) is 26.7 Å². The zero-order valence-corrected chi connectivity index (χ0v) is 14.3. The molecule has 8 heteroatoms. The number of nitrogens with zero attached hydrogens (tertiary/aromatic N) is 1. The van der Waals surface area contributed by atoms with Gasteiger partial charge in [0.05, 0.1) is 6.10 Å². The lowest BCUT2D eigenvalue weighted by Gasteiger charge is -2.31. The molecular formula is C15H27N3O5. The second-order valence-corrected chi connectivity index (χ2v) is 5.50. The summed E-state index contributed by atoms with van der Waals surface area (Å²) in [5, 5.41) is 5.37. The van der Waals surface area contributed by atoms with Crippen LogP contribution in [0.3, 0.4) is 0 Å². The van der Waals surface area contributed by atoms with Crippen LogP contribution in [0.5, 0.6) is 0 Å². The standard InChI is InChI=1S/C15H27N3O5/c1-5-16-14(20)11-7-6-8-18(11)15(21)13(10(2)23-4)17-12(19)9-22-3/h10-11,13H,5-9H2,1-4H3,(H,16,20)(H,17,19). The van der Waals surface area contributed by atoms with Gasteiger partial charge < -0.3 is 25.0 Å². The molecule has 0 saturated carbocycles. The van der Waals surface area contributed by atoms with Gasteiger partial charge in [0.15, 0.2) is 0 Å². The smallest absolute Gasteiger partial charge is 0.248 e. The Morgan fingerprint density at radius 1 is 1.30 bits per heavy atom. The first-order valence-corrected chi connectivity index (χ1v) is 7.85. The number of hydrogen-bond acceptors (Lipinski definition) is 5. The van der Waals surface area contributed by atoms with Gasteiger partial charge in [0.1, 0.15) is 18.7 Å². The minimum atomic E-state index is -0.849. The molecule has 132 valence electrons. The molecule has 0 aromatic heterocycles. The molecule has 1 saturated heterocycles. The Kier molecular flexibility index (Phi) is 7.97. The van der Waals surface area contributed by atoms with E-state index in [-0.39, 0.29) is 18.4 Å². The molecule has 0 aliphatic carbocycles. The molecule has 23 heavy (non-hydrogen) atoms. The Hall–Kier alpha value is -1.67. The lowest BCUT2D eigenvalue weighted by atomic mass is 10.1. The SMILES string of the molecule is CCNC(=O)C1CCCN1C(=O)C(NC(=O)COC)C(C)OC. The number of likely N-dealkylation sites (tertiary alicyclic amines) is 1. The first kappa shape index (κ1) is 19.4. The monoisotopic (exact) mass is 329 g/mol. The lowest BCUT2D eigenvalue weighted by molar-refractivity contribution is -0.144. The number of hydrogen-bond donors (Lipinski definition) is 2. The first-order chi connectivity index (χ1) is 11.0. The third-order valence-electron chi connectivity index (χ3n) is 3.89. The molecule has 0 aromatic carbocycles. The van der Waals surface area contributed by atoms with Crippen LogP contribution in [0, 0.1) is 0 Å². The van der Waals surface area contributed by atoms with E-state index in [1.54, 1.807) is 6.92 Å². The minimum Gasteiger partial charge on any atom is -0.379 e. The molecule has 1 fully saturated rings. The van der Waals surface area contributed by atoms with E-state index in [1.807, 2.05) is 6.92 Å². The predicted molar refractivity (Wildman–Crippen MR) is 83.7 cm³/mol. The molecule has 1 rings (SSSR count). The summed E-state index contributed by atoms with van der Waals surface area (Å²) in [6.07, 6.45) is 0.865. The van der Waals surface area contributed by atoms with Crippen molar-refractivity contribution >= 4 is 17.7 Å². The van der Waals surface area contributed by atoms with Crippen LogP contribution in [0.15, 0.2) is 0 Å². The van der Waals surface area contributed by atoms with E-state index in [9.17, 15) is 14.4 Å². The Morgan fingerprint density at radius 2 is 2.00 bits per heavy atom. The second-order valence-electron chi connectivity index (χ2n) is 5.50. The number of likely N-dealkylation sites (N-methyl/N-ethyl adjacent to an activating group) is 1. The summed E-state index contributed by atoms with van der Waals surface area (Å²) in [6, 6.07) is -1.34. The van der Waals surface area contributed by atoms with Crippen molar-refractivity contribution in [3.8, 4) is 0 Å². The highest BCUT2D eigenvalue weighted by atomic mass is 16.5. The van der Waals surface area contributed by atoms with E-state index >= 15 is 0 Å². The van der Waals surface area contributed by atoms with Gasteiger partial charge in [-0.25, -0.2) is 0 Å². The summed E-state index contributed by atoms with van der Waals surface area (Å²) in [4.78, 5) is 38.2. The van der Waals surface area contributed by atoms with Crippen LogP contribution < -0.4 is 10.6 Å². The summed E-state index contributed by atoms with van der Waals surface area (Å²) in [5.74, 6) is -0.869. The molecule has 3 amide bonds. The fourth-order valence-corrected chi connectivity index (χ4v) is 2.64. The minimum absolute atomic E-state index is 0.139. The van der Waals surface area contributed by atoms with Crippen molar-refractivity contribution in [1.29, 1.82) is 0 Å². The van der Waals surface area contributed by atoms with Crippen molar-refractivity contribution in [2.24, 2.45) is 0 Å². The quantitative estimate of drug-likeness (QED) is 0.612. The van der Waals surface area contributed by atoms with Crippen LogP contribution in [-0.2, 0) is 23.9 Å². The highest BCUT2D eigenvalue weighted by molar-refractivity contribution is 5.93. The van der Waals surface area contributed by atoms with Crippen LogP contribution in [0.25, 0.3) is 0 Å². The number of nitrogens with one attached hydrogen (secondary N) is 2. The highest BCUT2D eigenvalue weighted by Crippen LogP contribution is 2.19. The zero-order valence-electron chi connectivity index (χ0n) is 14.3. The molecule has 8 nitrogen and oxygen atoms in total. The highest BCUT2D eigenvalue weighted by Gasteiger charge is 2.39. The summed E-state index contributed by atoms with van der Waals surface area (Å²) in [7, 11) is 2.88. The number of amides is 3. The molecule has 0 aromatic rings. The van der Waals surface area contributed by atoms with Crippen molar-refractivity contribution in [3.05, 3.63) is 0 Å². The Labute approximate surface area is 136 Å². The molecule has 3 atom stereocenters. The number of ether oxygens (including phenoxy) is 2. The molecule has 0 bridgehead atoms. The molecule has 2 N–H and O–H groups in total. The third-order valence-corrected chi connectivity index (χ3v) is 3.89. The van der Waals surface area contributed by atoms with Crippen molar-refractivity contribution in [2.45, 2.75) is 44.9 Å². The van der Waals surface area contributed by atoms with Crippen molar-refractivity contribution in [2.75, 3.05) is 33.9 Å². The average Bonchev–Trinajstić information content (AvgIpc) is 3.01. The van der Waals surface area contributed by atoms with Gasteiger partial charge >= 0.3 is 0 Å². The Bertz CT molecular complexity index is 429. The maximum atomic E-state index is 12.8.